The van der Waals surface area contributed by atoms with Gasteiger partial charge in [0.15, 0.2) is 17.3 Å². The molecule has 25 heteroatoms. The van der Waals surface area contributed by atoms with Crippen LogP contribution in [0.15, 0.2) is 88.7 Å². The first-order chi connectivity index (χ1) is 32.7. The zero-order valence-corrected chi connectivity index (χ0v) is 41.6. The second-order valence-corrected chi connectivity index (χ2v) is 14.3. The van der Waals surface area contributed by atoms with E-state index in [1.807, 2.05) is 19.9 Å². The van der Waals surface area contributed by atoms with Crippen molar-refractivity contribution in [2.75, 3.05) is 34.0 Å². The summed E-state index contributed by atoms with van der Waals surface area (Å²) in [5.74, 6) is -0.978. The number of pyridine rings is 2. The van der Waals surface area contributed by atoms with Crippen molar-refractivity contribution < 1.29 is 52.5 Å². The fourth-order valence-corrected chi connectivity index (χ4v) is 5.96. The highest BCUT2D eigenvalue weighted by atomic mass is 79.9. The Kier molecular flexibility index (Phi) is 30.9. The molecule has 0 unspecified atom stereocenters. The fraction of sp³-hybridized carbons (Fsp3) is 0.279. The van der Waals surface area contributed by atoms with Gasteiger partial charge in [0.05, 0.1) is 32.0 Å². The van der Waals surface area contributed by atoms with Gasteiger partial charge in [0.1, 0.15) is 20.6 Å². The van der Waals surface area contributed by atoms with E-state index in [4.69, 9.17) is 56.6 Å². The van der Waals surface area contributed by atoms with Crippen molar-refractivity contribution in [2.24, 2.45) is 0 Å². The topological polar surface area (TPSA) is 285 Å². The van der Waals surface area contributed by atoms with Gasteiger partial charge in [-0.3, -0.25) is 0 Å². The van der Waals surface area contributed by atoms with Crippen LogP contribution in [0, 0.1) is 0 Å². The first-order valence-corrected chi connectivity index (χ1v) is 21.9. The van der Waals surface area contributed by atoms with Crippen molar-refractivity contribution in [3.8, 4) is 23.0 Å². The molecule has 1 fully saturated rings. The number of ether oxygens (including phenoxy) is 4. The lowest BCUT2D eigenvalue weighted by molar-refractivity contribution is -0.193. The lowest BCUT2D eigenvalue weighted by Gasteiger charge is -2.08. The molecule has 1 aliphatic rings. The van der Waals surface area contributed by atoms with Crippen molar-refractivity contribution in [2.45, 2.75) is 46.5 Å². The maximum absolute atomic E-state index is 12.2. The van der Waals surface area contributed by atoms with E-state index < -0.39 is 11.9 Å². The summed E-state index contributed by atoms with van der Waals surface area (Å²) in [4.78, 5) is 108. The van der Waals surface area contributed by atoms with Crippen LogP contribution >= 0.6 is 55.1 Å². The van der Waals surface area contributed by atoms with E-state index in [0.29, 0.717) is 36.9 Å². The molecule has 7 heterocycles. The number of methoxy groups -OCH3 is 2. The van der Waals surface area contributed by atoms with E-state index in [9.17, 15) is 14.4 Å². The second kappa shape index (κ2) is 35.5. The third kappa shape index (κ3) is 24.2. The maximum atomic E-state index is 12.2. The average molecular weight is 1110 g/mol. The number of hydrogen-bond donors (Lipinski definition) is 0. The van der Waals surface area contributed by atoms with Gasteiger partial charge in [-0.25, -0.2) is 64.2 Å². The predicted octanol–water partition coefficient (Wildman–Crippen LogP) is 7.37. The highest BCUT2D eigenvalue weighted by Gasteiger charge is 2.17. The first-order valence-electron chi connectivity index (χ1n) is 19.5. The van der Waals surface area contributed by atoms with Crippen molar-refractivity contribution >= 4 is 85.3 Å². The molecule has 0 bridgehead atoms. The molecule has 6 aromatic heterocycles. The van der Waals surface area contributed by atoms with Crippen LogP contribution in [-0.4, -0.2) is 114 Å². The van der Waals surface area contributed by atoms with Crippen LogP contribution in [0.4, 0.5) is 0 Å². The minimum atomic E-state index is -0.570. The van der Waals surface area contributed by atoms with Gasteiger partial charge in [0.25, 0.3) is 0 Å². The molecule has 21 nitrogen and oxygen atoms in total. The van der Waals surface area contributed by atoms with Gasteiger partial charge < -0.3 is 18.9 Å². The molecule has 0 spiro atoms. The number of hydrogen-bond acceptors (Lipinski definition) is 21. The molecule has 0 radical (unpaired) electrons. The zero-order chi connectivity index (χ0) is 50.7. The van der Waals surface area contributed by atoms with E-state index in [2.05, 4.69) is 86.4 Å². The summed E-state index contributed by atoms with van der Waals surface area (Å²) in [5.41, 5.74) is 3.25. The molecule has 0 atom stereocenters. The number of carbonyl (C=O) groups is 3. The highest BCUT2D eigenvalue weighted by molar-refractivity contribution is 9.11. The van der Waals surface area contributed by atoms with Crippen molar-refractivity contribution in [1.82, 2.24) is 49.8 Å². The minimum absolute atomic E-state index is 0.0906. The van der Waals surface area contributed by atoms with E-state index in [1.54, 1.807) is 62.0 Å². The maximum Gasteiger partial charge on any atom is 0.373 e. The monoisotopic (exact) mass is 1100 g/mol. The van der Waals surface area contributed by atoms with Crippen LogP contribution in [0.1, 0.15) is 76.2 Å². The fourth-order valence-electron chi connectivity index (χ4n) is 4.57. The van der Waals surface area contributed by atoms with Crippen LogP contribution in [0.2, 0.25) is 10.6 Å². The summed E-state index contributed by atoms with van der Waals surface area (Å²) < 4.78 is 20.5. The van der Waals surface area contributed by atoms with Gasteiger partial charge in [-0.15, -0.1) is 0 Å². The molecule has 0 amide bonds. The van der Waals surface area contributed by atoms with Crippen molar-refractivity contribution in [3.05, 3.63) is 127 Å². The number of aryl methyl sites for hydroxylation is 2. The number of carbonyl (C=O) groups excluding carboxylic acids is 7. The molecule has 0 saturated carbocycles. The average Bonchev–Trinajstić information content (AvgIpc) is 3.95. The Morgan fingerprint density at radius 1 is 0.603 bits per heavy atom. The lowest BCUT2D eigenvalue weighted by atomic mass is 10.1. The Balaban J connectivity index is 0.000000482. The van der Waals surface area contributed by atoms with Crippen LogP contribution in [0.5, 0.6) is 0 Å². The quantitative estimate of drug-likeness (QED) is 0.0622. The normalized spacial score (nSPS) is 10.3. The van der Waals surface area contributed by atoms with E-state index >= 15 is 0 Å². The molecule has 7 rings (SSSR count). The van der Waals surface area contributed by atoms with Gasteiger partial charge >= 0.3 is 30.2 Å². The lowest BCUT2D eigenvalue weighted by Crippen LogP contribution is -2.09. The van der Waals surface area contributed by atoms with Gasteiger partial charge in [-0.05, 0) is 136 Å². The number of aromatic nitrogens is 10. The minimum Gasteiger partial charge on any atom is -0.465 e. The van der Waals surface area contributed by atoms with Crippen molar-refractivity contribution in [1.29, 1.82) is 0 Å². The Bertz CT molecular complexity index is 2520. The third-order valence-corrected chi connectivity index (χ3v) is 8.70. The first kappa shape index (κ1) is 59.3. The molecule has 0 N–H and O–H groups in total. The number of nitrogens with zero attached hydrogens (tertiary/aromatic N) is 10. The molecule has 358 valence electrons. The van der Waals surface area contributed by atoms with E-state index in [-0.39, 0.29) is 47.7 Å². The molecule has 68 heavy (non-hydrogen) atoms. The summed E-state index contributed by atoms with van der Waals surface area (Å²) in [6.07, 6.45) is 12.6. The molecule has 1 saturated heterocycles. The predicted molar refractivity (Wildman–Crippen MR) is 247 cm³/mol. The van der Waals surface area contributed by atoms with Gasteiger partial charge in [0, 0.05) is 55.6 Å². The summed E-state index contributed by atoms with van der Waals surface area (Å²) in [7, 11) is 2.62. The van der Waals surface area contributed by atoms with Gasteiger partial charge in [0.2, 0.25) is 10.6 Å². The van der Waals surface area contributed by atoms with Crippen LogP contribution in [0.3, 0.4) is 0 Å². The molecule has 6 aromatic rings. The molecular formula is C43H42Br2Cl2N10O11. The Morgan fingerprint density at radius 2 is 1.06 bits per heavy atom. The Hall–Kier alpha value is -6.71. The SMILES string of the molecule is C1CCOC1.CCOC(=O)c1ccnc(-c2cc(C(=O)OC)cc(-c3nccc(CC)n3)n2)n1.CCc1ccnc(Cl)n1.COC(=O)c1cc(Br)nc(Br)c1.Clc1ncccn1.O=C=O.O=C=O. The Morgan fingerprint density at radius 3 is 1.47 bits per heavy atom. The summed E-state index contributed by atoms with van der Waals surface area (Å²) >= 11 is 17.1. The third-order valence-electron chi connectivity index (χ3n) is 7.51. The smallest absolute Gasteiger partial charge is 0.373 e. The summed E-state index contributed by atoms with van der Waals surface area (Å²) in [5, 5.41) is 0.622. The Labute approximate surface area is 416 Å². The number of rotatable bonds is 8. The van der Waals surface area contributed by atoms with Gasteiger partial charge in [-0.1, -0.05) is 13.8 Å². The highest BCUT2D eigenvalue weighted by Crippen LogP contribution is 2.22. The second-order valence-electron chi connectivity index (χ2n) is 12.0. The van der Waals surface area contributed by atoms with Crippen LogP contribution in [0.25, 0.3) is 23.0 Å². The van der Waals surface area contributed by atoms with Crippen molar-refractivity contribution in [3.63, 3.8) is 0 Å². The van der Waals surface area contributed by atoms with E-state index in [0.717, 1.165) is 37.4 Å². The molecular weight excluding hydrogens is 1060 g/mol. The largest absolute Gasteiger partial charge is 0.465 e. The number of halogens is 4. The summed E-state index contributed by atoms with van der Waals surface area (Å²) in [6.45, 7) is 7.94. The van der Waals surface area contributed by atoms with Gasteiger partial charge in [-0.2, -0.15) is 19.2 Å². The number of esters is 3. The van der Waals surface area contributed by atoms with Crippen LogP contribution in [-0.2, 0) is 51.0 Å². The molecule has 0 aliphatic carbocycles. The molecule has 1 aliphatic heterocycles. The zero-order valence-electron chi connectivity index (χ0n) is 36.9. The van der Waals surface area contributed by atoms with E-state index in [1.165, 1.54) is 45.4 Å². The standard InChI is InChI=1S/C20H19N5O4.C7H5Br2NO2.C6H7ClN2.C4H3ClN2.C4H8O.2CO2/c1-4-13-6-8-21-17(23-13)15-10-12(19(26)28-3)11-16(24-15)18-22-9-7-14(25-18)20(27)29-5-2;1-12-7(11)4-2-5(8)10-6(9)3-4;1-2-5-3-4-8-6(7)9-5;5-4-6-2-1-3-7-4;1-2-4-5-3-1;2*2-1-3/h6-11H,4-5H2,1-3H3;2-3H,1H3;3-4H,2H2,1H3;1-3H;1-4H2;;. The summed E-state index contributed by atoms with van der Waals surface area (Å²) in [6, 6.07) is 13.0. The molecule has 0 aromatic carbocycles. The van der Waals surface area contributed by atoms with Crippen LogP contribution < -0.4 is 0 Å².